The maximum Gasteiger partial charge on any atom is 0.0823 e. The summed E-state index contributed by atoms with van der Waals surface area (Å²) in [6, 6.07) is 10.5. The summed E-state index contributed by atoms with van der Waals surface area (Å²) in [5, 5.41) is 9.98. The van der Waals surface area contributed by atoms with Crippen molar-refractivity contribution < 1.29 is 0 Å². The molecule has 0 N–H and O–H groups in total. The molecule has 0 atom stereocenters. The molecule has 0 amide bonds. The van der Waals surface area contributed by atoms with Crippen molar-refractivity contribution in [2.45, 2.75) is 24.7 Å². The number of nitrogens with zero attached hydrogens (tertiary/aromatic N) is 1. The van der Waals surface area contributed by atoms with Crippen LogP contribution in [0.2, 0.25) is 0 Å². The van der Waals surface area contributed by atoms with Crippen LogP contribution in [-0.2, 0) is 5.41 Å². The average molecular weight is 274 g/mol. The van der Waals surface area contributed by atoms with E-state index < -0.39 is 0 Å². The van der Waals surface area contributed by atoms with Crippen molar-refractivity contribution in [2.75, 3.05) is 5.33 Å². The number of rotatable bonds is 2. The Morgan fingerprint density at radius 1 is 1.25 bits per heavy atom. The predicted molar refractivity (Wildman–Crippen MR) is 68.3 cm³/mol. The van der Waals surface area contributed by atoms with E-state index in [4.69, 9.17) is 5.26 Å². The molecule has 1 aliphatic rings. The molecule has 0 spiro atoms. The molecule has 1 aromatic rings. The fourth-order valence-electron chi connectivity index (χ4n) is 1.67. The first-order chi connectivity index (χ1) is 7.80. The van der Waals surface area contributed by atoms with E-state index in [9.17, 15) is 0 Å². The highest BCUT2D eigenvalue weighted by molar-refractivity contribution is 9.09. The van der Waals surface area contributed by atoms with E-state index in [2.05, 4.69) is 33.8 Å². The zero-order valence-corrected chi connectivity index (χ0v) is 10.5. The van der Waals surface area contributed by atoms with Gasteiger partial charge in [-0.1, -0.05) is 39.9 Å². The molecule has 0 aromatic heterocycles. The lowest BCUT2D eigenvalue weighted by Crippen LogP contribution is -2.01. The van der Waals surface area contributed by atoms with E-state index >= 15 is 0 Å². The zero-order chi connectivity index (χ0) is 11.4. The molecule has 0 aliphatic heterocycles. The summed E-state index contributed by atoms with van der Waals surface area (Å²) in [6.45, 7) is 0. The highest BCUT2D eigenvalue weighted by Crippen LogP contribution is 2.47. The molecule has 0 bridgehead atoms. The van der Waals surface area contributed by atoms with Crippen LogP contribution in [-0.4, -0.2) is 5.33 Å². The van der Waals surface area contributed by atoms with Gasteiger partial charge in [0.05, 0.1) is 11.5 Å². The first-order valence-corrected chi connectivity index (χ1v) is 6.49. The highest BCUT2D eigenvalue weighted by Gasteiger charge is 2.44. The molecule has 0 heterocycles. The van der Waals surface area contributed by atoms with Gasteiger partial charge in [-0.3, -0.25) is 0 Å². The second-order valence-electron chi connectivity index (χ2n) is 4.01. The standard InChI is InChI=1S/C14H12BrN/c15-10-2-1-3-12-4-6-13(7-5-12)14(11-16)8-9-14/h4-7H,2,8-10H2. The van der Waals surface area contributed by atoms with E-state index in [1.807, 2.05) is 24.3 Å². The van der Waals surface area contributed by atoms with Gasteiger partial charge in [-0.15, -0.1) is 0 Å². The van der Waals surface area contributed by atoms with Crippen LogP contribution in [0, 0.1) is 23.2 Å². The number of alkyl halides is 1. The van der Waals surface area contributed by atoms with Gasteiger partial charge in [0.25, 0.3) is 0 Å². The van der Waals surface area contributed by atoms with Gasteiger partial charge >= 0.3 is 0 Å². The van der Waals surface area contributed by atoms with Gasteiger partial charge < -0.3 is 0 Å². The van der Waals surface area contributed by atoms with Gasteiger partial charge in [-0.2, -0.15) is 5.26 Å². The van der Waals surface area contributed by atoms with Gasteiger partial charge in [0.1, 0.15) is 0 Å². The van der Waals surface area contributed by atoms with Gasteiger partial charge in [-0.05, 0) is 30.5 Å². The number of nitriles is 1. The molecule has 2 heteroatoms. The summed E-state index contributed by atoms with van der Waals surface area (Å²) in [5.74, 6) is 6.18. The van der Waals surface area contributed by atoms with E-state index in [0.29, 0.717) is 0 Å². The second-order valence-corrected chi connectivity index (χ2v) is 4.81. The minimum Gasteiger partial charge on any atom is -0.197 e. The molecule has 1 nitrogen and oxygen atoms in total. The third kappa shape index (κ3) is 2.29. The summed E-state index contributed by atoms with van der Waals surface area (Å²) in [4.78, 5) is 0. The van der Waals surface area contributed by atoms with Crippen molar-refractivity contribution in [1.29, 1.82) is 5.26 Å². The van der Waals surface area contributed by atoms with E-state index in [1.165, 1.54) is 0 Å². The summed E-state index contributed by atoms with van der Waals surface area (Å²) >= 11 is 3.34. The molecule has 16 heavy (non-hydrogen) atoms. The van der Waals surface area contributed by atoms with Gasteiger partial charge in [0.2, 0.25) is 0 Å². The third-order valence-corrected chi connectivity index (χ3v) is 3.25. The summed E-state index contributed by atoms with van der Waals surface area (Å²) in [7, 11) is 0. The lowest BCUT2D eigenvalue weighted by atomic mass is 9.97. The minimum absolute atomic E-state index is 0.179. The first kappa shape index (κ1) is 11.2. The van der Waals surface area contributed by atoms with Gasteiger partial charge in [0.15, 0.2) is 0 Å². The second kappa shape index (κ2) is 4.73. The Morgan fingerprint density at radius 2 is 1.94 bits per heavy atom. The van der Waals surface area contributed by atoms with Crippen LogP contribution in [0.5, 0.6) is 0 Å². The van der Waals surface area contributed by atoms with E-state index in [-0.39, 0.29) is 5.41 Å². The topological polar surface area (TPSA) is 23.8 Å². The Morgan fingerprint density at radius 3 is 2.44 bits per heavy atom. The van der Waals surface area contributed by atoms with Crippen LogP contribution in [0.3, 0.4) is 0 Å². The Balaban J connectivity index is 2.13. The van der Waals surface area contributed by atoms with Crippen molar-refractivity contribution in [3.8, 4) is 17.9 Å². The fraction of sp³-hybridized carbons (Fsp3) is 0.357. The summed E-state index contributed by atoms with van der Waals surface area (Å²) < 4.78 is 0. The molecule has 1 aliphatic carbocycles. The molecule has 0 radical (unpaired) electrons. The fourth-order valence-corrected chi connectivity index (χ4v) is 1.87. The number of halogens is 1. The van der Waals surface area contributed by atoms with Crippen molar-refractivity contribution in [2.24, 2.45) is 0 Å². The zero-order valence-electron chi connectivity index (χ0n) is 8.96. The quantitative estimate of drug-likeness (QED) is 0.599. The Labute approximate surface area is 105 Å². The van der Waals surface area contributed by atoms with E-state index in [0.717, 1.165) is 35.7 Å². The molecule has 0 saturated heterocycles. The number of hydrogen-bond acceptors (Lipinski definition) is 1. The molecule has 2 rings (SSSR count). The summed E-state index contributed by atoms with van der Waals surface area (Å²) in [5.41, 5.74) is 1.99. The van der Waals surface area contributed by atoms with Crippen LogP contribution in [0.15, 0.2) is 24.3 Å². The summed E-state index contributed by atoms with van der Waals surface area (Å²) in [6.07, 6.45) is 2.86. The average Bonchev–Trinajstić information content (AvgIpc) is 3.11. The van der Waals surface area contributed by atoms with Crippen molar-refractivity contribution in [3.05, 3.63) is 35.4 Å². The normalized spacial score (nSPS) is 15.8. The van der Waals surface area contributed by atoms with Crippen LogP contribution in [0.25, 0.3) is 0 Å². The van der Waals surface area contributed by atoms with Gasteiger partial charge in [-0.25, -0.2) is 0 Å². The molecular formula is C14H12BrN. The van der Waals surface area contributed by atoms with E-state index in [1.54, 1.807) is 0 Å². The Hall–Kier alpha value is -1.25. The monoisotopic (exact) mass is 273 g/mol. The van der Waals surface area contributed by atoms with Crippen molar-refractivity contribution >= 4 is 15.9 Å². The first-order valence-electron chi connectivity index (χ1n) is 5.37. The molecule has 80 valence electrons. The largest absolute Gasteiger partial charge is 0.197 e. The van der Waals surface area contributed by atoms with Crippen molar-refractivity contribution in [1.82, 2.24) is 0 Å². The van der Waals surface area contributed by atoms with Crippen LogP contribution in [0.1, 0.15) is 30.4 Å². The van der Waals surface area contributed by atoms with Gasteiger partial charge in [0, 0.05) is 17.3 Å². The Bertz CT molecular complexity index is 466. The molecule has 1 aromatic carbocycles. The molecule has 0 unspecified atom stereocenters. The minimum atomic E-state index is -0.179. The van der Waals surface area contributed by atoms with Crippen LogP contribution >= 0.6 is 15.9 Å². The third-order valence-electron chi connectivity index (χ3n) is 2.85. The lowest BCUT2D eigenvalue weighted by molar-refractivity contribution is 0.908. The highest BCUT2D eigenvalue weighted by atomic mass is 79.9. The molecule has 1 fully saturated rings. The number of hydrogen-bond donors (Lipinski definition) is 0. The maximum atomic E-state index is 9.07. The number of benzene rings is 1. The van der Waals surface area contributed by atoms with Crippen molar-refractivity contribution in [3.63, 3.8) is 0 Å². The van der Waals surface area contributed by atoms with Crippen LogP contribution in [0.4, 0.5) is 0 Å². The predicted octanol–water partition coefficient (Wildman–Crippen LogP) is 3.38. The molecular weight excluding hydrogens is 262 g/mol. The smallest absolute Gasteiger partial charge is 0.0823 e. The van der Waals surface area contributed by atoms with Crippen LogP contribution < -0.4 is 0 Å². The maximum absolute atomic E-state index is 9.07. The molecule has 1 saturated carbocycles. The Kier molecular flexibility index (Phi) is 3.32. The SMILES string of the molecule is N#CC1(c2ccc(C#CCCBr)cc2)CC1. The lowest BCUT2D eigenvalue weighted by Gasteiger charge is -2.04.